The Bertz CT molecular complexity index is 1160. The average molecular weight is 509 g/mol. The zero-order chi connectivity index (χ0) is 26.0. The number of alkyl halides is 3. The van der Waals surface area contributed by atoms with Crippen LogP contribution in [0.2, 0.25) is 0 Å². The summed E-state index contributed by atoms with van der Waals surface area (Å²) in [6, 6.07) is 1.35. The third-order valence-electron chi connectivity index (χ3n) is 6.72. The van der Waals surface area contributed by atoms with Gasteiger partial charge in [-0.05, 0) is 43.9 Å². The number of nitrogens with zero attached hydrogens (tertiary/aromatic N) is 3. The topological polar surface area (TPSA) is 137 Å². The first-order chi connectivity index (χ1) is 17.1. The van der Waals surface area contributed by atoms with Gasteiger partial charge in [-0.3, -0.25) is 9.59 Å². The predicted octanol–water partition coefficient (Wildman–Crippen LogP) is 2.74. The van der Waals surface area contributed by atoms with Gasteiger partial charge in [0.2, 0.25) is 11.8 Å². The highest BCUT2D eigenvalue weighted by Gasteiger charge is 2.42. The molecule has 1 aliphatic carbocycles. The van der Waals surface area contributed by atoms with E-state index in [4.69, 9.17) is 5.11 Å². The summed E-state index contributed by atoms with van der Waals surface area (Å²) in [5.74, 6) is -0.314. The van der Waals surface area contributed by atoms with Crippen molar-refractivity contribution < 1.29 is 32.7 Å². The van der Waals surface area contributed by atoms with E-state index in [-0.39, 0.29) is 41.5 Å². The van der Waals surface area contributed by atoms with Crippen molar-refractivity contribution in [3.8, 4) is 0 Å². The van der Waals surface area contributed by atoms with Crippen LogP contribution in [0.3, 0.4) is 0 Å². The van der Waals surface area contributed by atoms with E-state index in [0.717, 1.165) is 12.1 Å². The van der Waals surface area contributed by atoms with Crippen LogP contribution in [0.5, 0.6) is 0 Å². The van der Waals surface area contributed by atoms with E-state index in [1.165, 1.54) is 12.4 Å². The summed E-state index contributed by atoms with van der Waals surface area (Å²) in [4.78, 5) is 46.3. The molecule has 4 atom stereocenters. The van der Waals surface area contributed by atoms with Gasteiger partial charge in [0.15, 0.2) is 0 Å². The summed E-state index contributed by atoms with van der Waals surface area (Å²) in [6.07, 6.45) is -2.47. The molecule has 2 aliphatic rings. The van der Waals surface area contributed by atoms with Crippen LogP contribution in [-0.2, 0) is 15.8 Å². The molecule has 1 aromatic heterocycles. The minimum atomic E-state index is -4.53. The van der Waals surface area contributed by atoms with Crippen LogP contribution in [0, 0.1) is 0 Å². The summed E-state index contributed by atoms with van der Waals surface area (Å²) in [5.41, 5.74) is -0.525. The molecule has 1 aliphatic heterocycles. The van der Waals surface area contributed by atoms with Gasteiger partial charge in [-0.1, -0.05) is 6.92 Å². The number of aromatic nitrogens is 2. The van der Waals surface area contributed by atoms with Crippen molar-refractivity contribution in [3.63, 3.8) is 0 Å². The van der Waals surface area contributed by atoms with Crippen molar-refractivity contribution in [1.29, 1.82) is 0 Å². The molecule has 0 spiro atoms. The first-order valence-corrected chi connectivity index (χ1v) is 11.7. The Kier molecular flexibility index (Phi) is 7.18. The van der Waals surface area contributed by atoms with Gasteiger partial charge in [0.25, 0.3) is 0 Å². The molecule has 194 valence electrons. The quantitative estimate of drug-likeness (QED) is 0.471. The number of carbonyl (C=O) groups is 3. The number of hydrogen-bond donors (Lipinski definition) is 4. The Morgan fingerprint density at radius 3 is 2.64 bits per heavy atom. The standard InChI is InChI=1S/C23H27F3N6O4/c1-2-19(33)30-17-10-13(29-22(35)36)4-6-18(17)32-8-7-16(21(32)34)31-20-14-9-12(23(24,25)26)3-5-15(14)27-11-28-20/h3,5,9,11,13,16-18,29H,2,4,6-8,10H2,1H3,(H,30,33)(H,35,36)(H,27,28,31)/t13?,16?,17-,18+/m1/s1. The number of carboxylic acid groups (broad SMARTS) is 1. The van der Waals surface area contributed by atoms with E-state index in [9.17, 15) is 27.6 Å². The summed E-state index contributed by atoms with van der Waals surface area (Å²) in [5, 5.41) is 17.6. The van der Waals surface area contributed by atoms with Crippen LogP contribution >= 0.6 is 0 Å². The van der Waals surface area contributed by atoms with Gasteiger partial charge in [-0.15, -0.1) is 0 Å². The monoisotopic (exact) mass is 508 g/mol. The van der Waals surface area contributed by atoms with E-state index >= 15 is 0 Å². The molecule has 1 aromatic carbocycles. The van der Waals surface area contributed by atoms with Crippen LogP contribution in [-0.4, -0.2) is 68.6 Å². The Hall–Kier alpha value is -3.64. The molecule has 0 radical (unpaired) electrons. The number of rotatable bonds is 6. The third kappa shape index (κ3) is 5.44. The van der Waals surface area contributed by atoms with Crippen LogP contribution in [0.15, 0.2) is 24.5 Å². The second-order valence-electron chi connectivity index (χ2n) is 9.02. The minimum absolute atomic E-state index is 0.136. The summed E-state index contributed by atoms with van der Waals surface area (Å²) in [7, 11) is 0. The fourth-order valence-corrected chi connectivity index (χ4v) is 4.98. The SMILES string of the molecule is CCC(=O)N[C@@H]1CC(NC(=O)O)CC[C@@H]1N1CCC(Nc2ncnc3ccc(C(F)(F)F)cc23)C1=O. The van der Waals surface area contributed by atoms with Gasteiger partial charge >= 0.3 is 12.3 Å². The van der Waals surface area contributed by atoms with Crippen molar-refractivity contribution >= 4 is 34.6 Å². The molecule has 0 bridgehead atoms. The minimum Gasteiger partial charge on any atom is -0.465 e. The van der Waals surface area contributed by atoms with E-state index in [1.807, 2.05) is 0 Å². The number of carbonyl (C=O) groups excluding carboxylic acids is 2. The second kappa shape index (κ2) is 10.2. The predicted molar refractivity (Wildman–Crippen MR) is 123 cm³/mol. The van der Waals surface area contributed by atoms with Gasteiger partial charge in [-0.2, -0.15) is 13.2 Å². The number of hydrogen-bond acceptors (Lipinski definition) is 6. The molecular weight excluding hydrogens is 481 g/mol. The molecule has 1 saturated carbocycles. The number of halogens is 3. The first kappa shape index (κ1) is 25.5. The average Bonchev–Trinajstić information content (AvgIpc) is 3.18. The van der Waals surface area contributed by atoms with Crippen LogP contribution in [0.25, 0.3) is 10.9 Å². The van der Waals surface area contributed by atoms with Gasteiger partial charge in [0.05, 0.1) is 23.2 Å². The highest BCUT2D eigenvalue weighted by atomic mass is 19.4. The van der Waals surface area contributed by atoms with Crippen molar-refractivity contribution in [2.45, 2.75) is 69.4 Å². The zero-order valence-electron chi connectivity index (χ0n) is 19.5. The van der Waals surface area contributed by atoms with Crippen molar-refractivity contribution in [3.05, 3.63) is 30.1 Å². The van der Waals surface area contributed by atoms with E-state index in [2.05, 4.69) is 25.9 Å². The Labute approximate surface area is 204 Å². The Morgan fingerprint density at radius 1 is 1.17 bits per heavy atom. The fraction of sp³-hybridized carbons (Fsp3) is 0.522. The third-order valence-corrected chi connectivity index (χ3v) is 6.72. The largest absolute Gasteiger partial charge is 0.465 e. The molecule has 10 nitrogen and oxygen atoms in total. The number of anilines is 1. The number of likely N-dealkylation sites (tertiary alicyclic amines) is 1. The lowest BCUT2D eigenvalue weighted by atomic mass is 9.85. The lowest BCUT2D eigenvalue weighted by Gasteiger charge is -2.41. The fourth-order valence-electron chi connectivity index (χ4n) is 4.98. The van der Waals surface area contributed by atoms with Crippen molar-refractivity contribution in [1.82, 2.24) is 25.5 Å². The Balaban J connectivity index is 1.52. The number of benzene rings is 1. The number of amides is 3. The molecule has 36 heavy (non-hydrogen) atoms. The summed E-state index contributed by atoms with van der Waals surface area (Å²) < 4.78 is 39.7. The maximum atomic E-state index is 13.3. The van der Waals surface area contributed by atoms with Crippen LogP contribution in [0.1, 0.15) is 44.6 Å². The van der Waals surface area contributed by atoms with E-state index in [0.29, 0.717) is 37.7 Å². The van der Waals surface area contributed by atoms with Gasteiger partial charge in [-0.25, -0.2) is 14.8 Å². The highest BCUT2D eigenvalue weighted by molar-refractivity contribution is 5.93. The number of nitrogens with one attached hydrogen (secondary N) is 3. The zero-order valence-corrected chi connectivity index (χ0v) is 19.5. The molecule has 1 saturated heterocycles. The second-order valence-corrected chi connectivity index (χ2v) is 9.02. The van der Waals surface area contributed by atoms with E-state index < -0.39 is 29.9 Å². The van der Waals surface area contributed by atoms with Crippen molar-refractivity contribution in [2.75, 3.05) is 11.9 Å². The molecule has 2 fully saturated rings. The van der Waals surface area contributed by atoms with Gasteiger partial charge in [0.1, 0.15) is 18.2 Å². The molecule has 2 unspecified atom stereocenters. The van der Waals surface area contributed by atoms with Crippen molar-refractivity contribution in [2.24, 2.45) is 0 Å². The van der Waals surface area contributed by atoms with Crippen LogP contribution < -0.4 is 16.0 Å². The molecule has 3 amide bonds. The smallest absolute Gasteiger partial charge is 0.416 e. The lowest BCUT2D eigenvalue weighted by Crippen LogP contribution is -2.58. The number of fused-ring (bicyclic) bond motifs is 1. The highest BCUT2D eigenvalue weighted by Crippen LogP contribution is 2.34. The summed E-state index contributed by atoms with van der Waals surface area (Å²) >= 11 is 0. The summed E-state index contributed by atoms with van der Waals surface area (Å²) in [6.45, 7) is 2.09. The van der Waals surface area contributed by atoms with Crippen LogP contribution in [0.4, 0.5) is 23.8 Å². The van der Waals surface area contributed by atoms with Gasteiger partial charge in [0, 0.05) is 24.4 Å². The molecule has 2 aromatic rings. The van der Waals surface area contributed by atoms with Gasteiger partial charge < -0.3 is 26.0 Å². The lowest BCUT2D eigenvalue weighted by molar-refractivity contribution is -0.137. The maximum Gasteiger partial charge on any atom is 0.416 e. The first-order valence-electron chi connectivity index (χ1n) is 11.7. The van der Waals surface area contributed by atoms with E-state index in [1.54, 1.807) is 11.8 Å². The molecule has 4 N–H and O–H groups in total. The molecular formula is C23H27F3N6O4. The Morgan fingerprint density at radius 2 is 1.94 bits per heavy atom. The maximum absolute atomic E-state index is 13.3. The molecule has 2 heterocycles. The molecule has 4 rings (SSSR count). The normalized spacial score (nSPS) is 24.6. The molecule has 13 heteroatoms.